The van der Waals surface area contributed by atoms with Crippen LogP contribution in [0.15, 0.2) is 36.9 Å². The van der Waals surface area contributed by atoms with Crippen LogP contribution in [0.25, 0.3) is 0 Å². The van der Waals surface area contributed by atoms with Crippen molar-refractivity contribution in [2.45, 2.75) is 6.42 Å². The third kappa shape index (κ3) is 2.65. The molecule has 2 aromatic rings. The molecule has 0 aliphatic heterocycles. The summed E-state index contributed by atoms with van der Waals surface area (Å²) < 4.78 is 13.2. The van der Waals surface area contributed by atoms with Gasteiger partial charge < -0.3 is 0 Å². The van der Waals surface area contributed by atoms with Crippen LogP contribution in [0, 0.1) is 5.82 Å². The standard InChI is InChI=1S/C12H8ClFN2O/c13-12-8(2-1-3-10(12)14)4-11(17)9-5-15-7-16-6-9/h1-3,5-7H,4H2. The molecule has 3 nitrogen and oxygen atoms in total. The number of carbonyl (C=O) groups excluding carboxylic acids is 1. The maximum atomic E-state index is 13.2. The third-order valence-electron chi connectivity index (χ3n) is 2.27. The number of Topliss-reactive ketones (excluding diaryl/α,β-unsaturated/α-hetero) is 1. The van der Waals surface area contributed by atoms with Crippen LogP contribution in [-0.2, 0) is 6.42 Å². The zero-order valence-electron chi connectivity index (χ0n) is 8.73. The Balaban J connectivity index is 2.22. The number of halogens is 2. The molecular weight excluding hydrogens is 243 g/mol. The van der Waals surface area contributed by atoms with E-state index in [0.29, 0.717) is 11.1 Å². The Morgan fingerprint density at radius 2 is 2.00 bits per heavy atom. The number of ketones is 1. The van der Waals surface area contributed by atoms with E-state index in [-0.39, 0.29) is 17.2 Å². The first kappa shape index (κ1) is 11.7. The average Bonchev–Trinajstić information content (AvgIpc) is 2.36. The second-order valence-corrected chi connectivity index (χ2v) is 3.82. The van der Waals surface area contributed by atoms with Crippen LogP contribution in [0.3, 0.4) is 0 Å². The van der Waals surface area contributed by atoms with Crippen LogP contribution >= 0.6 is 11.6 Å². The fourth-order valence-corrected chi connectivity index (χ4v) is 1.60. The van der Waals surface area contributed by atoms with Crippen molar-refractivity contribution >= 4 is 17.4 Å². The number of nitrogens with zero attached hydrogens (tertiary/aromatic N) is 2. The van der Waals surface area contributed by atoms with E-state index >= 15 is 0 Å². The lowest BCUT2D eigenvalue weighted by atomic mass is 10.1. The highest BCUT2D eigenvalue weighted by molar-refractivity contribution is 6.31. The van der Waals surface area contributed by atoms with Crippen molar-refractivity contribution in [3.05, 3.63) is 58.9 Å². The second-order valence-electron chi connectivity index (χ2n) is 3.44. The Morgan fingerprint density at radius 1 is 1.29 bits per heavy atom. The van der Waals surface area contributed by atoms with Crippen LogP contribution < -0.4 is 0 Å². The number of rotatable bonds is 3. The number of aromatic nitrogens is 2. The van der Waals surface area contributed by atoms with Gasteiger partial charge in [0.05, 0.1) is 10.6 Å². The molecule has 0 fully saturated rings. The normalized spacial score (nSPS) is 10.2. The molecular formula is C12H8ClFN2O. The number of benzene rings is 1. The van der Waals surface area contributed by atoms with Gasteiger partial charge in [-0.05, 0) is 11.6 Å². The summed E-state index contributed by atoms with van der Waals surface area (Å²) >= 11 is 5.77. The first-order chi connectivity index (χ1) is 8.18. The summed E-state index contributed by atoms with van der Waals surface area (Å²) in [6.07, 6.45) is 4.21. The highest BCUT2D eigenvalue weighted by Crippen LogP contribution is 2.20. The lowest BCUT2D eigenvalue weighted by Gasteiger charge is -2.03. The van der Waals surface area contributed by atoms with E-state index in [0.717, 1.165) is 0 Å². The van der Waals surface area contributed by atoms with Crippen molar-refractivity contribution in [3.8, 4) is 0 Å². The molecule has 0 N–H and O–H groups in total. The number of hydrogen-bond donors (Lipinski definition) is 0. The highest BCUT2D eigenvalue weighted by Gasteiger charge is 2.12. The smallest absolute Gasteiger partial charge is 0.170 e. The van der Waals surface area contributed by atoms with E-state index < -0.39 is 5.82 Å². The largest absolute Gasteiger partial charge is 0.294 e. The van der Waals surface area contributed by atoms with Crippen molar-refractivity contribution < 1.29 is 9.18 Å². The minimum Gasteiger partial charge on any atom is -0.294 e. The Bertz CT molecular complexity index is 545. The van der Waals surface area contributed by atoms with Gasteiger partial charge in [-0.25, -0.2) is 14.4 Å². The molecule has 2 rings (SSSR count). The molecule has 86 valence electrons. The Morgan fingerprint density at radius 3 is 2.71 bits per heavy atom. The molecule has 0 radical (unpaired) electrons. The predicted molar refractivity (Wildman–Crippen MR) is 61.5 cm³/mol. The molecule has 0 amide bonds. The van der Waals surface area contributed by atoms with Gasteiger partial charge in [0, 0.05) is 18.8 Å². The van der Waals surface area contributed by atoms with Gasteiger partial charge in [-0.3, -0.25) is 4.79 Å². The first-order valence-corrected chi connectivity index (χ1v) is 5.27. The third-order valence-corrected chi connectivity index (χ3v) is 2.69. The van der Waals surface area contributed by atoms with Crippen LogP contribution in [0.5, 0.6) is 0 Å². The summed E-state index contributed by atoms with van der Waals surface area (Å²) in [4.78, 5) is 19.3. The van der Waals surface area contributed by atoms with Crippen molar-refractivity contribution in [1.82, 2.24) is 9.97 Å². The van der Waals surface area contributed by atoms with Gasteiger partial charge in [-0.2, -0.15) is 0 Å². The molecule has 0 bridgehead atoms. The number of hydrogen-bond acceptors (Lipinski definition) is 3. The van der Waals surface area contributed by atoms with Gasteiger partial charge >= 0.3 is 0 Å². The molecule has 5 heteroatoms. The fourth-order valence-electron chi connectivity index (χ4n) is 1.40. The minimum atomic E-state index is -0.527. The van der Waals surface area contributed by atoms with Gasteiger partial charge in [0.1, 0.15) is 12.1 Å². The van der Waals surface area contributed by atoms with Crippen molar-refractivity contribution in [3.63, 3.8) is 0 Å². The topological polar surface area (TPSA) is 42.9 Å². The van der Waals surface area contributed by atoms with Crippen LogP contribution in [-0.4, -0.2) is 15.8 Å². The molecule has 0 saturated heterocycles. The molecule has 0 aliphatic carbocycles. The highest BCUT2D eigenvalue weighted by atomic mass is 35.5. The molecule has 1 aromatic carbocycles. The van der Waals surface area contributed by atoms with Crippen LogP contribution in [0.4, 0.5) is 4.39 Å². The molecule has 17 heavy (non-hydrogen) atoms. The van der Waals surface area contributed by atoms with Crippen molar-refractivity contribution in [2.24, 2.45) is 0 Å². The summed E-state index contributed by atoms with van der Waals surface area (Å²) in [5, 5.41) is -0.0160. The zero-order valence-corrected chi connectivity index (χ0v) is 9.49. The monoisotopic (exact) mass is 250 g/mol. The van der Waals surface area contributed by atoms with Gasteiger partial charge in [-0.1, -0.05) is 23.7 Å². The molecule has 0 aliphatic rings. The fraction of sp³-hybridized carbons (Fsp3) is 0.0833. The van der Waals surface area contributed by atoms with E-state index in [1.54, 1.807) is 6.07 Å². The van der Waals surface area contributed by atoms with Gasteiger partial charge in [0.2, 0.25) is 0 Å². The summed E-state index contributed by atoms with van der Waals surface area (Å²) in [5.74, 6) is -0.723. The molecule has 1 heterocycles. The van der Waals surface area contributed by atoms with Gasteiger partial charge in [-0.15, -0.1) is 0 Å². The van der Waals surface area contributed by atoms with Gasteiger partial charge in [0.25, 0.3) is 0 Å². The minimum absolute atomic E-state index is 0.0160. The summed E-state index contributed by atoms with van der Waals surface area (Å²) in [6, 6.07) is 4.39. The second kappa shape index (κ2) is 5.01. The summed E-state index contributed by atoms with van der Waals surface area (Å²) in [5.41, 5.74) is 0.841. The number of carbonyl (C=O) groups is 1. The molecule has 0 unspecified atom stereocenters. The molecule has 0 saturated carbocycles. The average molecular weight is 251 g/mol. The maximum Gasteiger partial charge on any atom is 0.170 e. The zero-order chi connectivity index (χ0) is 12.3. The Kier molecular flexibility index (Phi) is 3.44. The Hall–Kier alpha value is -1.81. The first-order valence-electron chi connectivity index (χ1n) is 4.89. The Labute approximate surface area is 102 Å². The maximum absolute atomic E-state index is 13.2. The quantitative estimate of drug-likeness (QED) is 0.787. The van der Waals surface area contributed by atoms with Crippen LogP contribution in [0.2, 0.25) is 5.02 Å². The predicted octanol–water partition coefficient (Wildman–Crippen LogP) is 2.69. The van der Waals surface area contributed by atoms with Gasteiger partial charge in [0.15, 0.2) is 5.78 Å². The molecule has 0 spiro atoms. The van der Waals surface area contributed by atoms with E-state index in [4.69, 9.17) is 11.6 Å². The summed E-state index contributed by atoms with van der Waals surface area (Å²) in [7, 11) is 0. The van der Waals surface area contributed by atoms with E-state index in [9.17, 15) is 9.18 Å². The molecule has 1 aromatic heterocycles. The summed E-state index contributed by atoms with van der Waals surface area (Å²) in [6.45, 7) is 0. The van der Waals surface area contributed by atoms with Crippen molar-refractivity contribution in [2.75, 3.05) is 0 Å². The van der Waals surface area contributed by atoms with Crippen LogP contribution in [0.1, 0.15) is 15.9 Å². The lowest BCUT2D eigenvalue weighted by molar-refractivity contribution is 0.0992. The van der Waals surface area contributed by atoms with E-state index in [1.807, 2.05) is 0 Å². The van der Waals surface area contributed by atoms with E-state index in [2.05, 4.69) is 9.97 Å². The molecule has 0 atom stereocenters. The lowest BCUT2D eigenvalue weighted by Crippen LogP contribution is -2.05. The SMILES string of the molecule is O=C(Cc1cccc(F)c1Cl)c1cncnc1. The van der Waals surface area contributed by atoms with Crippen molar-refractivity contribution in [1.29, 1.82) is 0 Å². The van der Waals surface area contributed by atoms with E-state index in [1.165, 1.54) is 30.9 Å².